The zero-order valence-electron chi connectivity index (χ0n) is 15.9. The van der Waals surface area contributed by atoms with E-state index in [2.05, 4.69) is 15.5 Å². The van der Waals surface area contributed by atoms with Gasteiger partial charge in [-0.2, -0.15) is 0 Å². The van der Waals surface area contributed by atoms with Gasteiger partial charge in [-0.15, -0.1) is 0 Å². The van der Waals surface area contributed by atoms with E-state index in [1.807, 2.05) is 0 Å². The van der Waals surface area contributed by atoms with Crippen LogP contribution < -0.4 is 10.6 Å². The average Bonchev–Trinajstić information content (AvgIpc) is 2.63. The molecule has 3 aliphatic rings. The molecule has 3 fully saturated rings. The minimum Gasteiger partial charge on any atom is -0.393 e. The van der Waals surface area contributed by atoms with Crippen molar-refractivity contribution >= 4 is 11.9 Å². The van der Waals surface area contributed by atoms with Crippen LogP contribution in [0.4, 0.5) is 4.79 Å². The molecule has 26 heavy (non-hydrogen) atoms. The van der Waals surface area contributed by atoms with E-state index in [9.17, 15) is 14.7 Å². The number of imide groups is 1. The van der Waals surface area contributed by atoms with Gasteiger partial charge in [0.1, 0.15) is 0 Å². The second kappa shape index (κ2) is 9.70. The fourth-order valence-electron chi connectivity index (χ4n) is 5.11. The number of piperidine rings is 1. The maximum Gasteiger partial charge on any atom is 0.321 e. The summed E-state index contributed by atoms with van der Waals surface area (Å²) in [5.74, 6) is 0.0448. The SMILES string of the molecule is O=C(CN1CCCC[C@@H]1[C@H]1CCCC[C@@H]1O)NC(=O)NC1CCCCC1. The Hall–Kier alpha value is -1.14. The summed E-state index contributed by atoms with van der Waals surface area (Å²) in [6, 6.07) is 0.121. The zero-order valence-corrected chi connectivity index (χ0v) is 15.9. The fourth-order valence-corrected chi connectivity index (χ4v) is 5.11. The van der Waals surface area contributed by atoms with Crippen LogP contribution in [0.2, 0.25) is 0 Å². The summed E-state index contributed by atoms with van der Waals surface area (Å²) >= 11 is 0. The number of aliphatic hydroxyl groups excluding tert-OH is 1. The maximum atomic E-state index is 12.4. The van der Waals surface area contributed by atoms with Gasteiger partial charge in [0, 0.05) is 18.0 Å². The normalized spacial score (nSPS) is 31.3. The fraction of sp³-hybridized carbons (Fsp3) is 0.900. The molecule has 148 valence electrons. The average molecular weight is 366 g/mol. The van der Waals surface area contributed by atoms with E-state index in [1.54, 1.807) is 0 Å². The second-order valence-electron chi connectivity index (χ2n) is 8.41. The quantitative estimate of drug-likeness (QED) is 0.715. The van der Waals surface area contributed by atoms with E-state index in [0.29, 0.717) is 0 Å². The van der Waals surface area contributed by atoms with E-state index >= 15 is 0 Å². The van der Waals surface area contributed by atoms with Crippen LogP contribution >= 0.6 is 0 Å². The number of hydrogen-bond acceptors (Lipinski definition) is 4. The number of amides is 3. The first-order valence-corrected chi connectivity index (χ1v) is 10.7. The molecule has 0 aromatic heterocycles. The minimum atomic E-state index is -0.354. The molecule has 3 amide bonds. The molecule has 2 aliphatic carbocycles. The van der Waals surface area contributed by atoms with Gasteiger partial charge in [0.05, 0.1) is 12.6 Å². The highest BCUT2D eigenvalue weighted by Gasteiger charge is 2.36. The monoisotopic (exact) mass is 365 g/mol. The van der Waals surface area contributed by atoms with Crippen molar-refractivity contribution in [1.29, 1.82) is 0 Å². The number of rotatable bonds is 4. The van der Waals surface area contributed by atoms with Gasteiger partial charge in [0.2, 0.25) is 5.91 Å². The summed E-state index contributed by atoms with van der Waals surface area (Å²) in [7, 11) is 0. The third-order valence-electron chi connectivity index (χ3n) is 6.48. The first kappa shape index (κ1) is 19.6. The number of carbonyl (C=O) groups excluding carboxylic acids is 2. The Morgan fingerprint density at radius 1 is 0.885 bits per heavy atom. The number of carbonyl (C=O) groups is 2. The molecule has 0 spiro atoms. The molecule has 0 aromatic carbocycles. The largest absolute Gasteiger partial charge is 0.393 e. The Bertz CT molecular complexity index is 479. The lowest BCUT2D eigenvalue weighted by Crippen LogP contribution is -2.53. The number of hydrogen-bond donors (Lipinski definition) is 3. The van der Waals surface area contributed by atoms with E-state index in [-0.39, 0.29) is 42.6 Å². The summed E-state index contributed by atoms with van der Waals surface area (Å²) in [6.07, 6.45) is 12.8. The number of urea groups is 1. The summed E-state index contributed by atoms with van der Waals surface area (Å²) in [5, 5.41) is 15.9. The van der Waals surface area contributed by atoms with Crippen molar-refractivity contribution in [3.63, 3.8) is 0 Å². The third kappa shape index (κ3) is 5.43. The lowest BCUT2D eigenvalue weighted by Gasteiger charge is -2.43. The Morgan fingerprint density at radius 2 is 1.58 bits per heavy atom. The Labute approximate surface area is 157 Å². The van der Waals surface area contributed by atoms with Gasteiger partial charge >= 0.3 is 6.03 Å². The molecule has 1 aliphatic heterocycles. The Balaban J connectivity index is 1.48. The van der Waals surface area contributed by atoms with E-state index < -0.39 is 0 Å². The van der Waals surface area contributed by atoms with Crippen molar-refractivity contribution in [3.8, 4) is 0 Å². The third-order valence-corrected chi connectivity index (χ3v) is 6.48. The highest BCUT2D eigenvalue weighted by atomic mass is 16.3. The molecule has 1 saturated heterocycles. The number of likely N-dealkylation sites (tertiary alicyclic amines) is 1. The first-order chi connectivity index (χ1) is 12.6. The van der Waals surface area contributed by atoms with Gasteiger partial charge in [0.25, 0.3) is 0 Å². The van der Waals surface area contributed by atoms with E-state index in [1.165, 1.54) is 12.8 Å². The minimum absolute atomic E-state index is 0.205. The number of aliphatic hydroxyl groups is 1. The highest BCUT2D eigenvalue weighted by Crippen LogP contribution is 2.33. The van der Waals surface area contributed by atoms with Gasteiger partial charge < -0.3 is 10.4 Å². The summed E-state index contributed by atoms with van der Waals surface area (Å²) < 4.78 is 0. The first-order valence-electron chi connectivity index (χ1n) is 10.7. The molecular formula is C20H35N3O3. The van der Waals surface area contributed by atoms with Gasteiger partial charge in [-0.05, 0) is 45.1 Å². The molecule has 6 nitrogen and oxygen atoms in total. The molecule has 1 heterocycles. The molecule has 0 radical (unpaired) electrons. The van der Waals surface area contributed by atoms with Crippen molar-refractivity contribution in [3.05, 3.63) is 0 Å². The number of nitrogens with zero attached hydrogens (tertiary/aromatic N) is 1. The summed E-state index contributed by atoms with van der Waals surface area (Å²) in [4.78, 5) is 26.7. The molecule has 0 aromatic rings. The van der Waals surface area contributed by atoms with Crippen LogP contribution in [0.3, 0.4) is 0 Å². The van der Waals surface area contributed by atoms with Gasteiger partial charge in [-0.1, -0.05) is 38.5 Å². The molecule has 3 rings (SSSR count). The smallest absolute Gasteiger partial charge is 0.321 e. The van der Waals surface area contributed by atoms with Crippen molar-refractivity contribution < 1.29 is 14.7 Å². The summed E-state index contributed by atoms with van der Waals surface area (Å²) in [5.41, 5.74) is 0. The zero-order chi connectivity index (χ0) is 18.4. The summed E-state index contributed by atoms with van der Waals surface area (Å²) in [6.45, 7) is 1.14. The van der Waals surface area contributed by atoms with Gasteiger partial charge in [0.15, 0.2) is 0 Å². The van der Waals surface area contributed by atoms with Crippen LogP contribution in [0.1, 0.15) is 77.0 Å². The molecule has 3 atom stereocenters. The van der Waals surface area contributed by atoms with Crippen molar-refractivity contribution in [1.82, 2.24) is 15.5 Å². The van der Waals surface area contributed by atoms with Crippen LogP contribution in [0, 0.1) is 5.92 Å². The van der Waals surface area contributed by atoms with Crippen LogP contribution in [0.25, 0.3) is 0 Å². The maximum absolute atomic E-state index is 12.4. The Kier molecular flexibility index (Phi) is 7.32. The highest BCUT2D eigenvalue weighted by molar-refractivity contribution is 5.95. The van der Waals surface area contributed by atoms with Crippen LogP contribution in [-0.4, -0.2) is 53.2 Å². The molecule has 6 heteroatoms. The lowest BCUT2D eigenvalue weighted by atomic mass is 9.78. The molecule has 2 saturated carbocycles. The van der Waals surface area contributed by atoms with Crippen molar-refractivity contribution in [2.75, 3.05) is 13.1 Å². The Morgan fingerprint density at radius 3 is 2.35 bits per heavy atom. The van der Waals surface area contributed by atoms with Gasteiger partial charge in [-0.25, -0.2) is 4.79 Å². The van der Waals surface area contributed by atoms with E-state index in [4.69, 9.17) is 0 Å². The van der Waals surface area contributed by atoms with Crippen LogP contribution in [0.5, 0.6) is 0 Å². The molecule has 0 unspecified atom stereocenters. The lowest BCUT2D eigenvalue weighted by molar-refractivity contribution is -0.123. The van der Waals surface area contributed by atoms with Crippen LogP contribution in [0.15, 0.2) is 0 Å². The predicted molar refractivity (Wildman–Crippen MR) is 101 cm³/mol. The van der Waals surface area contributed by atoms with Gasteiger partial charge in [-0.3, -0.25) is 15.0 Å². The topological polar surface area (TPSA) is 81.7 Å². The predicted octanol–water partition coefficient (Wildman–Crippen LogP) is 2.55. The molecule has 3 N–H and O–H groups in total. The van der Waals surface area contributed by atoms with E-state index in [0.717, 1.165) is 70.8 Å². The van der Waals surface area contributed by atoms with Crippen molar-refractivity contribution in [2.45, 2.75) is 95.2 Å². The molecular weight excluding hydrogens is 330 g/mol. The second-order valence-corrected chi connectivity index (χ2v) is 8.41. The molecule has 0 bridgehead atoms. The number of nitrogens with one attached hydrogen (secondary N) is 2. The standard InChI is InChI=1S/C20H35N3O3/c24-18-12-5-4-10-16(18)17-11-6-7-13-23(17)14-19(25)22-20(26)21-15-8-2-1-3-9-15/h15-18,24H,1-14H2,(H2,21,22,25,26)/t16-,17-,18+/m1/s1. The van der Waals surface area contributed by atoms with Crippen LogP contribution in [-0.2, 0) is 4.79 Å². The van der Waals surface area contributed by atoms with Crippen molar-refractivity contribution in [2.24, 2.45) is 5.92 Å².